The molecule has 10 heavy (non-hydrogen) atoms. The van der Waals surface area contributed by atoms with Gasteiger partial charge in [-0.2, -0.15) is 0 Å². The molecule has 4 heteroatoms. The van der Waals surface area contributed by atoms with Crippen molar-refractivity contribution >= 4 is 6.09 Å². The molecule has 0 rings (SSSR count). The summed E-state index contributed by atoms with van der Waals surface area (Å²) in [6.07, 6.45) is -1.13. The van der Waals surface area contributed by atoms with Crippen molar-refractivity contribution < 1.29 is 15.0 Å². The lowest BCUT2D eigenvalue weighted by Crippen LogP contribution is -2.39. The van der Waals surface area contributed by atoms with Crippen molar-refractivity contribution in [3.05, 3.63) is 0 Å². The second-order valence-electron chi connectivity index (χ2n) is 2.21. The zero-order chi connectivity index (χ0) is 8.15. The van der Waals surface area contributed by atoms with Gasteiger partial charge in [-0.15, -0.1) is 0 Å². The van der Waals surface area contributed by atoms with E-state index < -0.39 is 12.2 Å². The third kappa shape index (κ3) is 3.29. The number of amides is 1. The van der Waals surface area contributed by atoms with Crippen molar-refractivity contribution in [3.63, 3.8) is 0 Å². The normalized spacial score (nSPS) is 15.9. The van der Waals surface area contributed by atoms with Gasteiger partial charge < -0.3 is 15.5 Å². The average Bonchev–Trinajstić information content (AvgIpc) is 1.85. The lowest BCUT2D eigenvalue weighted by Gasteiger charge is -2.16. The lowest BCUT2D eigenvalue weighted by molar-refractivity contribution is 0.123. The van der Waals surface area contributed by atoms with Gasteiger partial charge in [0.2, 0.25) is 0 Å². The topological polar surface area (TPSA) is 69.6 Å². The Kier molecular flexibility index (Phi) is 3.79. The highest BCUT2D eigenvalue weighted by Crippen LogP contribution is 1.96. The Hall–Kier alpha value is -0.770. The summed E-state index contributed by atoms with van der Waals surface area (Å²) in [5.74, 6) is 0. The van der Waals surface area contributed by atoms with Crippen molar-refractivity contribution in [3.8, 4) is 0 Å². The number of rotatable bonds is 3. The van der Waals surface area contributed by atoms with Crippen molar-refractivity contribution in [2.24, 2.45) is 0 Å². The summed E-state index contributed by atoms with van der Waals surface area (Å²) >= 11 is 0. The monoisotopic (exact) mass is 147 g/mol. The molecule has 0 aliphatic rings. The summed E-state index contributed by atoms with van der Waals surface area (Å²) in [5, 5.41) is 19.4. The molecular formula is C6H13NO3. The third-order valence-corrected chi connectivity index (χ3v) is 1.35. The Morgan fingerprint density at radius 1 is 1.70 bits per heavy atom. The first-order chi connectivity index (χ1) is 4.57. The van der Waals surface area contributed by atoms with Crippen LogP contribution in [0.4, 0.5) is 4.79 Å². The number of hydrogen-bond donors (Lipinski definition) is 3. The van der Waals surface area contributed by atoms with Crippen molar-refractivity contribution in [2.45, 2.75) is 32.4 Å². The van der Waals surface area contributed by atoms with E-state index in [0.29, 0.717) is 6.42 Å². The molecule has 0 saturated carbocycles. The van der Waals surface area contributed by atoms with Crippen LogP contribution in [-0.4, -0.2) is 28.5 Å². The van der Waals surface area contributed by atoms with Gasteiger partial charge in [-0.05, 0) is 13.3 Å². The Balaban J connectivity index is 3.61. The molecule has 0 saturated heterocycles. The van der Waals surface area contributed by atoms with Gasteiger partial charge in [-0.3, -0.25) is 0 Å². The molecular weight excluding hydrogens is 134 g/mol. The zero-order valence-electron chi connectivity index (χ0n) is 6.16. The van der Waals surface area contributed by atoms with E-state index in [2.05, 4.69) is 5.32 Å². The van der Waals surface area contributed by atoms with E-state index in [1.165, 1.54) is 0 Å². The van der Waals surface area contributed by atoms with Gasteiger partial charge in [-0.1, -0.05) is 6.92 Å². The molecule has 2 atom stereocenters. The van der Waals surface area contributed by atoms with Gasteiger partial charge >= 0.3 is 6.09 Å². The molecule has 0 fully saturated rings. The van der Waals surface area contributed by atoms with E-state index in [-0.39, 0.29) is 6.04 Å². The van der Waals surface area contributed by atoms with Crippen LogP contribution < -0.4 is 5.32 Å². The van der Waals surface area contributed by atoms with Gasteiger partial charge in [0.05, 0.1) is 12.1 Å². The maximum atomic E-state index is 10.0. The number of hydrogen-bond acceptors (Lipinski definition) is 2. The van der Waals surface area contributed by atoms with Gasteiger partial charge in [0, 0.05) is 0 Å². The molecule has 0 spiro atoms. The quantitative estimate of drug-likeness (QED) is 0.541. The highest BCUT2D eigenvalue weighted by atomic mass is 16.4. The standard InChI is InChI=1S/C6H13NO3/c1-3-5(8)4(2)7-6(9)10/h4-5,7-8H,3H2,1-2H3,(H,9,10). The fraction of sp³-hybridized carbons (Fsp3) is 0.833. The molecule has 4 nitrogen and oxygen atoms in total. The first kappa shape index (κ1) is 9.23. The number of carbonyl (C=O) groups is 1. The minimum atomic E-state index is -1.10. The number of nitrogens with one attached hydrogen (secondary N) is 1. The first-order valence-electron chi connectivity index (χ1n) is 3.25. The van der Waals surface area contributed by atoms with E-state index in [9.17, 15) is 4.79 Å². The second kappa shape index (κ2) is 4.11. The van der Waals surface area contributed by atoms with Crippen LogP contribution >= 0.6 is 0 Å². The minimum absolute atomic E-state index is 0.387. The van der Waals surface area contributed by atoms with E-state index in [0.717, 1.165) is 0 Å². The molecule has 1 amide bonds. The molecule has 0 bridgehead atoms. The van der Waals surface area contributed by atoms with Crippen LogP contribution in [0.1, 0.15) is 20.3 Å². The summed E-state index contributed by atoms with van der Waals surface area (Å²) in [7, 11) is 0. The summed E-state index contributed by atoms with van der Waals surface area (Å²) < 4.78 is 0. The molecule has 2 unspecified atom stereocenters. The summed E-state index contributed by atoms with van der Waals surface area (Å²) in [6.45, 7) is 3.42. The maximum absolute atomic E-state index is 10.0. The summed E-state index contributed by atoms with van der Waals surface area (Å²) in [6, 6.07) is -0.387. The van der Waals surface area contributed by atoms with Crippen LogP contribution in [0.5, 0.6) is 0 Å². The Morgan fingerprint density at radius 3 is 2.50 bits per heavy atom. The SMILES string of the molecule is CCC(O)C(C)NC(=O)O. The van der Waals surface area contributed by atoms with Gasteiger partial charge in [0.1, 0.15) is 0 Å². The highest BCUT2D eigenvalue weighted by molar-refractivity contribution is 5.64. The number of carboxylic acid groups (broad SMARTS) is 1. The lowest BCUT2D eigenvalue weighted by atomic mass is 10.1. The van der Waals surface area contributed by atoms with E-state index >= 15 is 0 Å². The van der Waals surface area contributed by atoms with Crippen molar-refractivity contribution in [1.82, 2.24) is 5.32 Å². The van der Waals surface area contributed by atoms with Crippen molar-refractivity contribution in [1.29, 1.82) is 0 Å². The van der Waals surface area contributed by atoms with Crippen LogP contribution in [0.2, 0.25) is 0 Å². The fourth-order valence-electron chi connectivity index (χ4n) is 0.645. The Labute approximate surface area is 59.9 Å². The maximum Gasteiger partial charge on any atom is 0.404 e. The van der Waals surface area contributed by atoms with Crippen LogP contribution in [0.15, 0.2) is 0 Å². The fourth-order valence-corrected chi connectivity index (χ4v) is 0.645. The average molecular weight is 147 g/mol. The Morgan fingerprint density at radius 2 is 2.20 bits per heavy atom. The third-order valence-electron chi connectivity index (χ3n) is 1.35. The van der Waals surface area contributed by atoms with Gasteiger partial charge in [-0.25, -0.2) is 4.79 Å². The van der Waals surface area contributed by atoms with E-state index in [1.54, 1.807) is 13.8 Å². The predicted octanol–water partition coefficient (Wildman–Crippen LogP) is 0.413. The molecule has 3 N–H and O–H groups in total. The Bertz CT molecular complexity index is 116. The van der Waals surface area contributed by atoms with Crippen LogP contribution in [-0.2, 0) is 0 Å². The van der Waals surface area contributed by atoms with Gasteiger partial charge in [0.25, 0.3) is 0 Å². The predicted molar refractivity (Wildman–Crippen MR) is 36.9 cm³/mol. The summed E-state index contributed by atoms with van der Waals surface area (Å²) in [4.78, 5) is 10.0. The molecule has 0 heterocycles. The molecule has 0 radical (unpaired) electrons. The number of aliphatic hydroxyl groups is 1. The van der Waals surface area contributed by atoms with E-state index in [1.807, 2.05) is 0 Å². The molecule has 60 valence electrons. The molecule has 0 aromatic rings. The largest absolute Gasteiger partial charge is 0.465 e. The second-order valence-corrected chi connectivity index (χ2v) is 2.21. The molecule has 0 aromatic heterocycles. The first-order valence-corrected chi connectivity index (χ1v) is 3.25. The number of aliphatic hydroxyl groups excluding tert-OH is 1. The summed E-state index contributed by atoms with van der Waals surface area (Å²) in [5.41, 5.74) is 0. The molecule has 0 aromatic carbocycles. The van der Waals surface area contributed by atoms with Crippen molar-refractivity contribution in [2.75, 3.05) is 0 Å². The minimum Gasteiger partial charge on any atom is -0.465 e. The molecule has 0 aliphatic carbocycles. The van der Waals surface area contributed by atoms with Crippen LogP contribution in [0.25, 0.3) is 0 Å². The van der Waals surface area contributed by atoms with Crippen LogP contribution in [0.3, 0.4) is 0 Å². The smallest absolute Gasteiger partial charge is 0.404 e. The highest BCUT2D eigenvalue weighted by Gasteiger charge is 2.12. The van der Waals surface area contributed by atoms with Crippen LogP contribution in [0, 0.1) is 0 Å². The zero-order valence-corrected chi connectivity index (χ0v) is 6.16. The van der Waals surface area contributed by atoms with Gasteiger partial charge in [0.15, 0.2) is 0 Å². The molecule has 0 aliphatic heterocycles. The van der Waals surface area contributed by atoms with E-state index in [4.69, 9.17) is 10.2 Å².